The zero-order valence-electron chi connectivity index (χ0n) is 13.6. The average molecular weight is 277 g/mol. The van der Waals surface area contributed by atoms with Gasteiger partial charge in [0, 0.05) is 34.7 Å². The second-order valence-corrected chi connectivity index (χ2v) is 5.43. The lowest BCUT2D eigenvalue weighted by molar-refractivity contribution is 0.414. The Morgan fingerprint density at radius 3 is 2.10 bits per heavy atom. The van der Waals surface area contributed by atoms with Crippen molar-refractivity contribution in [2.45, 2.75) is 19.3 Å². The van der Waals surface area contributed by atoms with Crippen molar-refractivity contribution in [3.63, 3.8) is 0 Å². The van der Waals surface area contributed by atoms with Crippen molar-refractivity contribution in [2.75, 3.05) is 41.8 Å². The van der Waals surface area contributed by atoms with Crippen LogP contribution in [0.1, 0.15) is 24.8 Å². The maximum absolute atomic E-state index is 5.18. The molecule has 0 bridgehead atoms. The van der Waals surface area contributed by atoms with E-state index in [4.69, 9.17) is 4.74 Å². The van der Waals surface area contributed by atoms with E-state index in [0.717, 1.165) is 24.7 Å². The van der Waals surface area contributed by atoms with Gasteiger partial charge >= 0.3 is 0 Å². The van der Waals surface area contributed by atoms with Gasteiger partial charge in [0.2, 0.25) is 0 Å². The minimum absolute atomic E-state index is 0.496. The van der Waals surface area contributed by atoms with E-state index in [1.807, 2.05) is 50.1 Å². The van der Waals surface area contributed by atoms with Gasteiger partial charge in [-0.3, -0.25) is 4.99 Å². The fraction of sp³-hybridized carbons (Fsp3) is 0.562. The largest absolute Gasteiger partial charge is 0.497 e. The van der Waals surface area contributed by atoms with Crippen molar-refractivity contribution in [2.24, 2.45) is 4.99 Å². The van der Waals surface area contributed by atoms with E-state index >= 15 is 0 Å². The molecule has 0 radical (unpaired) electrons. The van der Waals surface area contributed by atoms with Crippen molar-refractivity contribution in [3.8, 4) is 5.75 Å². The first kappa shape index (κ1) is 16.3. The van der Waals surface area contributed by atoms with E-state index in [1.54, 1.807) is 7.11 Å². The molecule has 0 aromatic heterocycles. The predicted molar refractivity (Wildman–Crippen MR) is 85.7 cm³/mol. The van der Waals surface area contributed by atoms with E-state index in [9.17, 15) is 0 Å². The summed E-state index contributed by atoms with van der Waals surface area (Å²) in [5.74, 6) is 2.41. The Hall–Kier alpha value is -1.71. The summed E-state index contributed by atoms with van der Waals surface area (Å²) in [5, 5.41) is 0. The summed E-state index contributed by atoms with van der Waals surface area (Å²) in [4.78, 5) is 8.75. The van der Waals surface area contributed by atoms with Crippen LogP contribution in [0.5, 0.6) is 5.75 Å². The zero-order chi connectivity index (χ0) is 15.1. The van der Waals surface area contributed by atoms with Crippen LogP contribution in [-0.4, -0.2) is 57.6 Å². The van der Waals surface area contributed by atoms with E-state index in [2.05, 4.69) is 24.0 Å². The van der Waals surface area contributed by atoms with Crippen LogP contribution in [0, 0.1) is 0 Å². The number of nitrogens with zero attached hydrogens (tertiary/aromatic N) is 3. The lowest BCUT2D eigenvalue weighted by atomic mass is 9.98. The molecule has 0 fully saturated rings. The third kappa shape index (κ3) is 4.76. The normalized spacial score (nSPS) is 11.7. The number of aliphatic imine (C=N–C) groups is 1. The van der Waals surface area contributed by atoms with Gasteiger partial charge in [-0.1, -0.05) is 19.1 Å². The minimum Gasteiger partial charge on any atom is -0.497 e. The number of benzene rings is 1. The van der Waals surface area contributed by atoms with Crippen molar-refractivity contribution in [1.82, 2.24) is 9.80 Å². The second kappa shape index (κ2) is 7.78. The van der Waals surface area contributed by atoms with Crippen LogP contribution in [-0.2, 0) is 0 Å². The molecule has 1 aromatic rings. The highest BCUT2D eigenvalue weighted by Gasteiger charge is 2.07. The first-order valence-corrected chi connectivity index (χ1v) is 6.98. The second-order valence-electron chi connectivity index (χ2n) is 5.43. The Labute approximate surface area is 123 Å². The number of guanidine groups is 1. The lowest BCUT2D eigenvalue weighted by Gasteiger charge is -2.23. The van der Waals surface area contributed by atoms with E-state index in [1.165, 1.54) is 5.56 Å². The molecule has 4 nitrogen and oxygen atoms in total. The van der Waals surface area contributed by atoms with Crippen LogP contribution in [0.3, 0.4) is 0 Å². The highest BCUT2D eigenvalue weighted by molar-refractivity contribution is 5.79. The number of hydrogen-bond donors (Lipinski definition) is 0. The van der Waals surface area contributed by atoms with Gasteiger partial charge in [-0.25, -0.2) is 0 Å². The van der Waals surface area contributed by atoms with E-state index in [0.29, 0.717) is 5.92 Å². The van der Waals surface area contributed by atoms with Gasteiger partial charge in [0.25, 0.3) is 0 Å². The molecule has 0 amide bonds. The molecule has 1 atom stereocenters. The summed E-state index contributed by atoms with van der Waals surface area (Å²) in [5.41, 5.74) is 1.33. The van der Waals surface area contributed by atoms with Crippen LogP contribution < -0.4 is 4.74 Å². The Kier molecular flexibility index (Phi) is 6.36. The molecule has 0 aliphatic heterocycles. The van der Waals surface area contributed by atoms with Crippen LogP contribution in [0.25, 0.3) is 0 Å². The highest BCUT2D eigenvalue weighted by Crippen LogP contribution is 2.21. The maximum Gasteiger partial charge on any atom is 0.195 e. The molecule has 0 heterocycles. The lowest BCUT2D eigenvalue weighted by Crippen LogP contribution is -2.35. The van der Waals surface area contributed by atoms with Gasteiger partial charge in [-0.05, 0) is 30.0 Å². The minimum atomic E-state index is 0.496. The van der Waals surface area contributed by atoms with Crippen LogP contribution in [0.4, 0.5) is 0 Å². The number of methoxy groups -OCH3 is 1. The first-order valence-electron chi connectivity index (χ1n) is 6.98. The Morgan fingerprint density at radius 2 is 1.65 bits per heavy atom. The molecule has 0 N–H and O–H groups in total. The summed E-state index contributed by atoms with van der Waals surface area (Å²) < 4.78 is 5.18. The Balaban J connectivity index is 2.57. The fourth-order valence-corrected chi connectivity index (χ4v) is 2.14. The van der Waals surface area contributed by atoms with Gasteiger partial charge in [-0.2, -0.15) is 0 Å². The number of rotatable bonds is 5. The van der Waals surface area contributed by atoms with E-state index < -0.39 is 0 Å². The first-order chi connectivity index (χ1) is 9.45. The molecule has 1 aromatic carbocycles. The third-order valence-corrected chi connectivity index (χ3v) is 3.30. The summed E-state index contributed by atoms with van der Waals surface area (Å²) in [7, 11) is 9.77. The molecule has 0 saturated carbocycles. The van der Waals surface area contributed by atoms with E-state index in [-0.39, 0.29) is 0 Å². The molecule has 0 spiro atoms. The van der Waals surface area contributed by atoms with Gasteiger partial charge < -0.3 is 14.5 Å². The number of ether oxygens (including phenoxy) is 1. The van der Waals surface area contributed by atoms with Crippen molar-refractivity contribution < 1.29 is 4.74 Å². The van der Waals surface area contributed by atoms with Gasteiger partial charge in [0.15, 0.2) is 5.96 Å². The molecule has 0 saturated heterocycles. The standard InChI is InChI=1S/C16H27N3O/c1-13(14-7-9-15(20-6)10-8-14)11-12-17-16(18(2)3)19(4)5/h7-10,13H,11-12H2,1-6H3. The SMILES string of the molecule is COc1ccc(C(C)CCN=C(N(C)C)N(C)C)cc1. The van der Waals surface area contributed by atoms with Crippen LogP contribution in [0.15, 0.2) is 29.3 Å². The van der Waals surface area contributed by atoms with Gasteiger partial charge in [0.05, 0.1) is 7.11 Å². The van der Waals surface area contributed by atoms with Crippen molar-refractivity contribution in [1.29, 1.82) is 0 Å². The van der Waals surface area contributed by atoms with Gasteiger partial charge in [-0.15, -0.1) is 0 Å². The smallest absolute Gasteiger partial charge is 0.195 e. The topological polar surface area (TPSA) is 28.1 Å². The maximum atomic E-state index is 5.18. The summed E-state index contributed by atoms with van der Waals surface area (Å²) >= 11 is 0. The van der Waals surface area contributed by atoms with Crippen LogP contribution in [0.2, 0.25) is 0 Å². The Morgan fingerprint density at radius 1 is 1.10 bits per heavy atom. The molecule has 1 unspecified atom stereocenters. The molecule has 20 heavy (non-hydrogen) atoms. The molecule has 1 rings (SSSR count). The number of hydrogen-bond acceptors (Lipinski definition) is 2. The molecular weight excluding hydrogens is 250 g/mol. The third-order valence-electron chi connectivity index (χ3n) is 3.30. The quantitative estimate of drug-likeness (QED) is 0.612. The summed E-state index contributed by atoms with van der Waals surface area (Å²) in [6.45, 7) is 3.07. The van der Waals surface area contributed by atoms with Crippen LogP contribution >= 0.6 is 0 Å². The predicted octanol–water partition coefficient (Wildman–Crippen LogP) is 2.67. The highest BCUT2D eigenvalue weighted by atomic mass is 16.5. The Bertz CT molecular complexity index is 414. The average Bonchev–Trinajstić information content (AvgIpc) is 2.42. The fourth-order valence-electron chi connectivity index (χ4n) is 2.14. The molecule has 4 heteroatoms. The monoisotopic (exact) mass is 277 g/mol. The molecule has 0 aliphatic carbocycles. The van der Waals surface area contributed by atoms with Gasteiger partial charge in [0.1, 0.15) is 5.75 Å². The molecular formula is C16H27N3O. The van der Waals surface area contributed by atoms with Crippen molar-refractivity contribution >= 4 is 5.96 Å². The molecule has 0 aliphatic rings. The summed E-state index contributed by atoms with van der Waals surface area (Å²) in [6.07, 6.45) is 1.04. The van der Waals surface area contributed by atoms with Crippen molar-refractivity contribution in [3.05, 3.63) is 29.8 Å². The zero-order valence-corrected chi connectivity index (χ0v) is 13.6. The summed E-state index contributed by atoms with van der Waals surface area (Å²) in [6, 6.07) is 8.29. The molecule has 112 valence electrons.